The van der Waals surface area contributed by atoms with Crippen LogP contribution < -0.4 is 4.90 Å². The Kier molecular flexibility index (Phi) is 4.56. The van der Waals surface area contributed by atoms with Crippen molar-refractivity contribution in [1.29, 1.82) is 0 Å². The molecule has 1 aromatic rings. The molecule has 1 atom stereocenters. The van der Waals surface area contributed by atoms with Gasteiger partial charge in [-0.05, 0) is 19.4 Å². The van der Waals surface area contributed by atoms with E-state index in [9.17, 15) is 5.11 Å². The van der Waals surface area contributed by atoms with Crippen LogP contribution in [0.4, 0.5) is 5.82 Å². The lowest BCUT2D eigenvalue weighted by molar-refractivity contribution is 0.199. The van der Waals surface area contributed by atoms with Crippen LogP contribution in [0.15, 0.2) is 18.3 Å². The van der Waals surface area contributed by atoms with Crippen LogP contribution in [0.1, 0.15) is 38.4 Å². The fourth-order valence-electron chi connectivity index (χ4n) is 1.56. The number of unbranched alkanes of at least 4 members (excludes halogenated alkanes) is 1. The van der Waals surface area contributed by atoms with Gasteiger partial charge >= 0.3 is 0 Å². The minimum absolute atomic E-state index is 0.460. The average molecular weight is 208 g/mol. The summed E-state index contributed by atoms with van der Waals surface area (Å²) in [7, 11) is 2.02. The molecule has 1 heterocycles. The Bertz CT molecular complexity index is 299. The van der Waals surface area contributed by atoms with Crippen molar-refractivity contribution in [2.24, 2.45) is 0 Å². The van der Waals surface area contributed by atoms with Crippen molar-refractivity contribution in [2.75, 3.05) is 18.5 Å². The van der Waals surface area contributed by atoms with E-state index in [4.69, 9.17) is 0 Å². The zero-order valence-electron chi connectivity index (χ0n) is 9.77. The van der Waals surface area contributed by atoms with E-state index in [0.717, 1.165) is 24.3 Å². The van der Waals surface area contributed by atoms with Crippen LogP contribution in [0.3, 0.4) is 0 Å². The predicted octanol–water partition coefficient (Wildman–Crippen LogP) is 2.37. The predicted molar refractivity (Wildman–Crippen MR) is 63.0 cm³/mol. The number of hydrogen-bond acceptors (Lipinski definition) is 3. The highest BCUT2D eigenvalue weighted by Gasteiger charge is 2.11. The topological polar surface area (TPSA) is 36.4 Å². The monoisotopic (exact) mass is 208 g/mol. The highest BCUT2D eigenvalue weighted by Crippen LogP contribution is 2.22. The molecule has 0 aliphatic heterocycles. The van der Waals surface area contributed by atoms with Crippen LogP contribution in [0.2, 0.25) is 0 Å². The maximum atomic E-state index is 9.61. The third kappa shape index (κ3) is 3.20. The first kappa shape index (κ1) is 12.0. The number of aromatic nitrogens is 1. The minimum Gasteiger partial charge on any atom is -0.389 e. The van der Waals surface area contributed by atoms with Crippen LogP contribution in [-0.2, 0) is 0 Å². The summed E-state index contributed by atoms with van der Waals surface area (Å²) in [6, 6.07) is 3.79. The highest BCUT2D eigenvalue weighted by atomic mass is 16.3. The Morgan fingerprint density at radius 3 is 2.87 bits per heavy atom. The van der Waals surface area contributed by atoms with E-state index >= 15 is 0 Å². The van der Waals surface area contributed by atoms with Crippen molar-refractivity contribution < 1.29 is 5.11 Å². The molecule has 3 heteroatoms. The first-order chi connectivity index (χ1) is 7.16. The van der Waals surface area contributed by atoms with E-state index in [-0.39, 0.29) is 0 Å². The van der Waals surface area contributed by atoms with Crippen LogP contribution >= 0.6 is 0 Å². The first-order valence-electron chi connectivity index (χ1n) is 5.51. The molecule has 0 saturated heterocycles. The third-order valence-electron chi connectivity index (χ3n) is 2.48. The van der Waals surface area contributed by atoms with Crippen molar-refractivity contribution >= 4 is 5.82 Å². The van der Waals surface area contributed by atoms with E-state index in [1.54, 1.807) is 13.1 Å². The van der Waals surface area contributed by atoms with E-state index < -0.39 is 6.10 Å². The molecule has 0 aliphatic carbocycles. The number of pyridine rings is 1. The Hall–Kier alpha value is -1.09. The van der Waals surface area contributed by atoms with Crippen molar-refractivity contribution in [2.45, 2.75) is 32.8 Å². The lowest BCUT2D eigenvalue weighted by atomic mass is 10.1. The van der Waals surface area contributed by atoms with E-state index in [2.05, 4.69) is 16.8 Å². The molecular weight excluding hydrogens is 188 g/mol. The number of aliphatic hydroxyl groups excluding tert-OH is 1. The molecule has 0 aliphatic rings. The SMILES string of the molecule is CCCCN(C)c1ncccc1[C@@H](C)O. The van der Waals surface area contributed by atoms with Crippen molar-refractivity contribution in [3.8, 4) is 0 Å². The Morgan fingerprint density at radius 1 is 1.53 bits per heavy atom. The Labute approximate surface area is 91.8 Å². The zero-order chi connectivity index (χ0) is 11.3. The largest absolute Gasteiger partial charge is 0.389 e. The number of rotatable bonds is 5. The van der Waals surface area contributed by atoms with Gasteiger partial charge in [-0.1, -0.05) is 19.4 Å². The van der Waals surface area contributed by atoms with Gasteiger partial charge in [0.25, 0.3) is 0 Å². The maximum absolute atomic E-state index is 9.61. The Morgan fingerprint density at radius 2 is 2.27 bits per heavy atom. The molecule has 0 unspecified atom stereocenters. The van der Waals surface area contributed by atoms with Crippen LogP contribution in [0.25, 0.3) is 0 Å². The summed E-state index contributed by atoms with van der Waals surface area (Å²) in [6.07, 6.45) is 3.62. The smallest absolute Gasteiger partial charge is 0.134 e. The molecule has 1 N–H and O–H groups in total. The molecule has 0 bridgehead atoms. The average Bonchev–Trinajstić information content (AvgIpc) is 2.25. The summed E-state index contributed by atoms with van der Waals surface area (Å²) in [5.74, 6) is 0.890. The maximum Gasteiger partial charge on any atom is 0.134 e. The van der Waals surface area contributed by atoms with Crippen molar-refractivity contribution in [3.63, 3.8) is 0 Å². The van der Waals surface area contributed by atoms with E-state index in [1.165, 1.54) is 6.42 Å². The van der Waals surface area contributed by atoms with Crippen molar-refractivity contribution in [3.05, 3.63) is 23.9 Å². The molecule has 84 valence electrons. The molecule has 3 nitrogen and oxygen atoms in total. The van der Waals surface area contributed by atoms with Crippen LogP contribution in [0.5, 0.6) is 0 Å². The van der Waals surface area contributed by atoms with Gasteiger partial charge < -0.3 is 10.0 Å². The van der Waals surface area contributed by atoms with Gasteiger partial charge in [-0.25, -0.2) is 4.98 Å². The normalized spacial score (nSPS) is 12.5. The summed E-state index contributed by atoms with van der Waals surface area (Å²) in [5.41, 5.74) is 0.899. The first-order valence-corrected chi connectivity index (χ1v) is 5.51. The number of aliphatic hydroxyl groups is 1. The number of hydrogen-bond donors (Lipinski definition) is 1. The molecule has 1 rings (SSSR count). The quantitative estimate of drug-likeness (QED) is 0.807. The molecular formula is C12H20N2O. The second-order valence-electron chi connectivity index (χ2n) is 3.87. The molecule has 0 spiro atoms. The summed E-state index contributed by atoms with van der Waals surface area (Å²) in [6.45, 7) is 4.92. The molecule has 1 aromatic heterocycles. The Balaban J connectivity index is 2.82. The fourth-order valence-corrected chi connectivity index (χ4v) is 1.56. The second-order valence-corrected chi connectivity index (χ2v) is 3.87. The second kappa shape index (κ2) is 5.71. The number of nitrogens with zero attached hydrogens (tertiary/aromatic N) is 2. The van der Waals surface area contributed by atoms with Crippen LogP contribution in [-0.4, -0.2) is 23.7 Å². The molecule has 15 heavy (non-hydrogen) atoms. The fraction of sp³-hybridized carbons (Fsp3) is 0.583. The number of anilines is 1. The van der Waals surface area contributed by atoms with Gasteiger partial charge in [0.15, 0.2) is 0 Å². The minimum atomic E-state index is -0.460. The van der Waals surface area contributed by atoms with Crippen molar-refractivity contribution in [1.82, 2.24) is 4.98 Å². The van der Waals surface area contributed by atoms with Gasteiger partial charge in [0.2, 0.25) is 0 Å². The molecule has 0 amide bonds. The van der Waals surface area contributed by atoms with E-state index in [0.29, 0.717) is 0 Å². The lowest BCUT2D eigenvalue weighted by Crippen LogP contribution is -2.21. The highest BCUT2D eigenvalue weighted by molar-refractivity contribution is 5.46. The van der Waals surface area contributed by atoms with Gasteiger partial charge in [0.1, 0.15) is 5.82 Å². The molecule has 0 saturated carbocycles. The van der Waals surface area contributed by atoms with Gasteiger partial charge in [0.05, 0.1) is 6.10 Å². The molecule has 0 radical (unpaired) electrons. The summed E-state index contributed by atoms with van der Waals surface area (Å²) in [5, 5.41) is 9.61. The molecule has 0 fully saturated rings. The van der Waals surface area contributed by atoms with Gasteiger partial charge in [-0.3, -0.25) is 0 Å². The van der Waals surface area contributed by atoms with E-state index in [1.807, 2.05) is 19.2 Å². The summed E-state index contributed by atoms with van der Waals surface area (Å²) >= 11 is 0. The zero-order valence-corrected chi connectivity index (χ0v) is 9.77. The summed E-state index contributed by atoms with van der Waals surface area (Å²) in [4.78, 5) is 6.42. The van der Waals surface area contributed by atoms with Gasteiger partial charge in [-0.15, -0.1) is 0 Å². The van der Waals surface area contributed by atoms with Gasteiger partial charge in [0, 0.05) is 25.4 Å². The van der Waals surface area contributed by atoms with Crippen LogP contribution in [0, 0.1) is 0 Å². The summed E-state index contributed by atoms with van der Waals surface area (Å²) < 4.78 is 0. The lowest BCUT2D eigenvalue weighted by Gasteiger charge is -2.21. The molecule has 0 aromatic carbocycles. The third-order valence-corrected chi connectivity index (χ3v) is 2.48. The standard InChI is InChI=1S/C12H20N2O/c1-4-5-9-14(3)12-11(10(2)15)7-6-8-13-12/h6-8,10,15H,4-5,9H2,1-3H3/t10-/m1/s1. The van der Waals surface area contributed by atoms with Gasteiger partial charge in [-0.2, -0.15) is 0 Å².